The predicted octanol–water partition coefficient (Wildman–Crippen LogP) is -0.358. The highest BCUT2D eigenvalue weighted by Gasteiger charge is 1.92. The first-order chi connectivity index (χ1) is 5.93. The van der Waals surface area contributed by atoms with Crippen LogP contribution in [0.1, 0.15) is 19.8 Å². The molecule has 0 unspecified atom stereocenters. The molecule has 0 bridgehead atoms. The van der Waals surface area contributed by atoms with Gasteiger partial charge < -0.3 is 9.88 Å². The zero-order valence-corrected chi connectivity index (χ0v) is 7.61. The number of quaternary nitrogens is 1. The smallest absolute Gasteiger partial charge is 0.119 e. The van der Waals surface area contributed by atoms with Crippen LogP contribution in [0.5, 0.6) is 0 Å². The molecule has 1 aromatic heterocycles. The summed E-state index contributed by atoms with van der Waals surface area (Å²) in [7, 11) is 0. The minimum Gasteiger partial charge on any atom is -0.346 e. The third-order valence-corrected chi connectivity index (χ3v) is 1.78. The molecule has 0 aliphatic rings. The van der Waals surface area contributed by atoms with Gasteiger partial charge in [0.1, 0.15) is 12.7 Å². The number of hydrogen-bond donors (Lipinski definition) is 1. The van der Waals surface area contributed by atoms with Crippen LogP contribution in [0.3, 0.4) is 0 Å². The molecule has 4 heteroatoms. The van der Waals surface area contributed by atoms with Crippen LogP contribution in [0.2, 0.25) is 0 Å². The SMILES string of the molecule is CCC[NH2+]CCCn1cnnc1. The van der Waals surface area contributed by atoms with Crippen molar-refractivity contribution in [1.82, 2.24) is 14.8 Å². The van der Waals surface area contributed by atoms with Gasteiger partial charge in [0.2, 0.25) is 0 Å². The molecule has 0 spiro atoms. The molecular weight excluding hydrogens is 152 g/mol. The predicted molar refractivity (Wildman–Crippen MR) is 46.6 cm³/mol. The first-order valence-corrected chi connectivity index (χ1v) is 4.57. The first kappa shape index (κ1) is 9.19. The van der Waals surface area contributed by atoms with E-state index in [4.69, 9.17) is 0 Å². The number of hydrogen-bond acceptors (Lipinski definition) is 2. The lowest BCUT2D eigenvalue weighted by molar-refractivity contribution is -0.655. The summed E-state index contributed by atoms with van der Waals surface area (Å²) in [5.41, 5.74) is 0. The Hall–Kier alpha value is -0.900. The molecule has 1 aromatic rings. The van der Waals surface area contributed by atoms with Gasteiger partial charge in [-0.25, -0.2) is 0 Å². The van der Waals surface area contributed by atoms with Crippen molar-refractivity contribution in [2.75, 3.05) is 13.1 Å². The average molecular weight is 169 g/mol. The molecule has 0 saturated carbocycles. The van der Waals surface area contributed by atoms with Crippen molar-refractivity contribution in [3.05, 3.63) is 12.7 Å². The average Bonchev–Trinajstić information content (AvgIpc) is 2.57. The molecular formula is C8H17N4+. The molecule has 12 heavy (non-hydrogen) atoms. The molecule has 2 N–H and O–H groups in total. The summed E-state index contributed by atoms with van der Waals surface area (Å²) in [4.78, 5) is 0. The minimum absolute atomic E-state index is 1.03. The maximum atomic E-state index is 3.74. The van der Waals surface area contributed by atoms with Crippen molar-refractivity contribution in [3.63, 3.8) is 0 Å². The minimum atomic E-state index is 1.03. The van der Waals surface area contributed by atoms with E-state index in [1.165, 1.54) is 25.9 Å². The van der Waals surface area contributed by atoms with E-state index in [0.717, 1.165) is 6.54 Å². The van der Waals surface area contributed by atoms with Gasteiger partial charge in [-0.3, -0.25) is 0 Å². The van der Waals surface area contributed by atoms with Crippen molar-refractivity contribution in [2.45, 2.75) is 26.3 Å². The van der Waals surface area contributed by atoms with E-state index in [9.17, 15) is 0 Å². The summed E-state index contributed by atoms with van der Waals surface area (Å²) in [6.45, 7) is 5.68. The molecule has 0 saturated heterocycles. The van der Waals surface area contributed by atoms with Crippen molar-refractivity contribution in [2.24, 2.45) is 0 Å². The van der Waals surface area contributed by atoms with Crippen LogP contribution in [-0.4, -0.2) is 27.9 Å². The van der Waals surface area contributed by atoms with Gasteiger partial charge in [0, 0.05) is 13.0 Å². The Bertz CT molecular complexity index is 183. The van der Waals surface area contributed by atoms with Crippen LogP contribution < -0.4 is 5.32 Å². The van der Waals surface area contributed by atoms with E-state index in [1.54, 1.807) is 12.7 Å². The molecule has 0 fully saturated rings. The van der Waals surface area contributed by atoms with Gasteiger partial charge in [0.25, 0.3) is 0 Å². The molecule has 0 aliphatic carbocycles. The zero-order valence-electron chi connectivity index (χ0n) is 7.61. The number of nitrogens with zero attached hydrogens (tertiary/aromatic N) is 3. The van der Waals surface area contributed by atoms with Crippen molar-refractivity contribution in [1.29, 1.82) is 0 Å². The van der Waals surface area contributed by atoms with Crippen LogP contribution in [0.4, 0.5) is 0 Å². The number of nitrogens with two attached hydrogens (primary N) is 1. The molecule has 68 valence electrons. The highest BCUT2D eigenvalue weighted by atomic mass is 15.2. The van der Waals surface area contributed by atoms with Gasteiger partial charge in [-0.2, -0.15) is 0 Å². The number of aryl methyl sites for hydroxylation is 1. The normalized spacial score (nSPS) is 10.4. The van der Waals surface area contributed by atoms with Crippen LogP contribution in [-0.2, 0) is 6.54 Å². The highest BCUT2D eigenvalue weighted by molar-refractivity contribution is 4.58. The lowest BCUT2D eigenvalue weighted by Gasteiger charge is -2.00. The monoisotopic (exact) mass is 169 g/mol. The molecule has 1 rings (SSSR count). The molecule has 1 heterocycles. The van der Waals surface area contributed by atoms with Crippen molar-refractivity contribution >= 4 is 0 Å². The zero-order chi connectivity index (χ0) is 8.65. The van der Waals surface area contributed by atoms with E-state index < -0.39 is 0 Å². The Labute approximate surface area is 73.0 Å². The molecule has 0 radical (unpaired) electrons. The maximum Gasteiger partial charge on any atom is 0.119 e. The van der Waals surface area contributed by atoms with Gasteiger partial charge in [0.05, 0.1) is 13.1 Å². The van der Waals surface area contributed by atoms with Crippen LogP contribution in [0.25, 0.3) is 0 Å². The van der Waals surface area contributed by atoms with Gasteiger partial charge in [-0.15, -0.1) is 10.2 Å². The fourth-order valence-corrected chi connectivity index (χ4v) is 1.10. The van der Waals surface area contributed by atoms with E-state index >= 15 is 0 Å². The molecule has 4 nitrogen and oxygen atoms in total. The second kappa shape index (κ2) is 5.71. The summed E-state index contributed by atoms with van der Waals surface area (Å²) < 4.78 is 2.01. The molecule has 0 aliphatic heterocycles. The Kier molecular flexibility index (Phi) is 4.37. The van der Waals surface area contributed by atoms with Crippen LogP contribution >= 0.6 is 0 Å². The lowest BCUT2D eigenvalue weighted by Crippen LogP contribution is -2.84. The van der Waals surface area contributed by atoms with Crippen molar-refractivity contribution < 1.29 is 5.32 Å². The van der Waals surface area contributed by atoms with E-state index in [-0.39, 0.29) is 0 Å². The quantitative estimate of drug-likeness (QED) is 0.591. The summed E-state index contributed by atoms with van der Waals surface area (Å²) in [5.74, 6) is 0. The summed E-state index contributed by atoms with van der Waals surface area (Å²) in [6.07, 6.45) is 5.98. The molecule has 0 aromatic carbocycles. The van der Waals surface area contributed by atoms with Gasteiger partial charge >= 0.3 is 0 Å². The Morgan fingerprint density at radius 2 is 2.00 bits per heavy atom. The first-order valence-electron chi connectivity index (χ1n) is 4.57. The Morgan fingerprint density at radius 1 is 1.25 bits per heavy atom. The lowest BCUT2D eigenvalue weighted by atomic mass is 10.4. The standard InChI is InChI=1S/C8H16N4/c1-2-4-9-5-3-6-12-7-10-11-8-12/h7-9H,2-6H2,1H3/p+1. The van der Waals surface area contributed by atoms with Gasteiger partial charge in [0.15, 0.2) is 0 Å². The number of rotatable bonds is 6. The van der Waals surface area contributed by atoms with Crippen LogP contribution in [0, 0.1) is 0 Å². The third-order valence-electron chi connectivity index (χ3n) is 1.78. The Morgan fingerprint density at radius 3 is 2.67 bits per heavy atom. The summed E-state index contributed by atoms with van der Waals surface area (Å²) >= 11 is 0. The topological polar surface area (TPSA) is 47.3 Å². The highest BCUT2D eigenvalue weighted by Crippen LogP contribution is 1.84. The van der Waals surface area contributed by atoms with E-state index in [1.807, 2.05) is 4.57 Å². The van der Waals surface area contributed by atoms with Gasteiger partial charge in [-0.1, -0.05) is 6.92 Å². The molecule has 0 atom stereocenters. The van der Waals surface area contributed by atoms with Gasteiger partial charge in [-0.05, 0) is 6.42 Å². The largest absolute Gasteiger partial charge is 0.346 e. The number of aromatic nitrogens is 3. The fourth-order valence-electron chi connectivity index (χ4n) is 1.10. The van der Waals surface area contributed by atoms with Crippen molar-refractivity contribution in [3.8, 4) is 0 Å². The fraction of sp³-hybridized carbons (Fsp3) is 0.750. The molecule has 0 amide bonds. The van der Waals surface area contributed by atoms with Crippen LogP contribution in [0.15, 0.2) is 12.7 Å². The second-order valence-electron chi connectivity index (χ2n) is 2.92. The van der Waals surface area contributed by atoms with E-state index in [2.05, 4.69) is 22.4 Å². The summed E-state index contributed by atoms with van der Waals surface area (Å²) in [5, 5.41) is 9.83. The Balaban J connectivity index is 1.96. The summed E-state index contributed by atoms with van der Waals surface area (Å²) in [6, 6.07) is 0. The maximum absolute atomic E-state index is 3.74. The second-order valence-corrected chi connectivity index (χ2v) is 2.92. The van der Waals surface area contributed by atoms with E-state index in [0.29, 0.717) is 0 Å². The third kappa shape index (κ3) is 3.48.